The van der Waals surface area contributed by atoms with E-state index < -0.39 is 16.1 Å². The third-order valence-corrected chi connectivity index (χ3v) is 7.88. The summed E-state index contributed by atoms with van der Waals surface area (Å²) in [7, 11) is -2.34. The Kier molecular flexibility index (Phi) is 6.77. The molecule has 0 aliphatic heterocycles. The highest BCUT2D eigenvalue weighted by atomic mass is 32.2. The van der Waals surface area contributed by atoms with Crippen molar-refractivity contribution in [1.82, 2.24) is 14.3 Å². The Morgan fingerprint density at radius 3 is 2.28 bits per heavy atom. The topological polar surface area (TPSA) is 90.3 Å². The molecule has 1 atom stereocenters. The lowest BCUT2D eigenvalue weighted by molar-refractivity contribution is 0.414. The molecular formula is C28H31N3O4S. The minimum Gasteiger partial charge on any atom is -0.497 e. The van der Waals surface area contributed by atoms with Crippen LogP contribution in [0.1, 0.15) is 50.7 Å². The van der Waals surface area contributed by atoms with Gasteiger partial charge in [0, 0.05) is 0 Å². The number of para-hydroxylation sites is 1. The Hall–Kier alpha value is -3.49. The monoisotopic (exact) mass is 505 g/mol. The molecule has 0 aliphatic rings. The lowest BCUT2D eigenvalue weighted by atomic mass is 9.86. The Balaban J connectivity index is 1.81. The quantitative estimate of drug-likeness (QED) is 0.397. The molecule has 0 saturated carbocycles. The summed E-state index contributed by atoms with van der Waals surface area (Å²) < 4.78 is 36.3. The molecule has 0 saturated heterocycles. The molecule has 1 heterocycles. The summed E-state index contributed by atoms with van der Waals surface area (Å²) in [4.78, 5) is 18.4. The predicted molar refractivity (Wildman–Crippen MR) is 143 cm³/mol. The molecule has 7 nitrogen and oxygen atoms in total. The molecule has 4 aromatic rings. The van der Waals surface area contributed by atoms with Crippen molar-refractivity contribution in [2.75, 3.05) is 7.11 Å². The fourth-order valence-corrected chi connectivity index (χ4v) is 5.62. The van der Waals surface area contributed by atoms with Crippen molar-refractivity contribution in [3.63, 3.8) is 0 Å². The van der Waals surface area contributed by atoms with Crippen LogP contribution in [-0.4, -0.2) is 25.1 Å². The smallest absolute Gasteiger partial charge is 0.266 e. The average Bonchev–Trinajstić information content (AvgIpc) is 2.83. The molecular weight excluding hydrogens is 474 g/mol. The van der Waals surface area contributed by atoms with Crippen molar-refractivity contribution >= 4 is 20.9 Å². The number of hydrogen-bond acceptors (Lipinski definition) is 5. The number of methoxy groups -OCH3 is 1. The van der Waals surface area contributed by atoms with E-state index in [-0.39, 0.29) is 21.7 Å². The van der Waals surface area contributed by atoms with E-state index in [1.165, 1.54) is 4.57 Å². The molecule has 0 spiro atoms. The molecule has 1 unspecified atom stereocenters. The Labute approximate surface area is 211 Å². The highest BCUT2D eigenvalue weighted by Gasteiger charge is 2.26. The number of benzene rings is 3. The van der Waals surface area contributed by atoms with E-state index in [1.54, 1.807) is 75.6 Å². The van der Waals surface area contributed by atoms with Crippen LogP contribution in [0.2, 0.25) is 0 Å². The molecule has 0 amide bonds. The molecule has 1 N–H and O–H groups in total. The zero-order valence-corrected chi connectivity index (χ0v) is 22.2. The minimum atomic E-state index is -3.90. The SMILES string of the molecule is COc1ccc(-n2c(C(C)NS(=O)(=O)c3ccc(C(C)(C)C)cc3C)nc3ccccc3c2=O)cc1. The molecule has 8 heteroatoms. The van der Waals surface area contributed by atoms with Gasteiger partial charge in [0.25, 0.3) is 5.56 Å². The maximum atomic E-state index is 13.5. The normalized spacial score (nSPS) is 13.1. The van der Waals surface area contributed by atoms with Gasteiger partial charge in [0.1, 0.15) is 11.6 Å². The third kappa shape index (κ3) is 4.92. The summed E-state index contributed by atoms with van der Waals surface area (Å²) in [6.07, 6.45) is 0. The number of rotatable bonds is 6. The van der Waals surface area contributed by atoms with Gasteiger partial charge >= 0.3 is 0 Å². The number of nitrogens with zero attached hydrogens (tertiary/aromatic N) is 2. The summed E-state index contributed by atoms with van der Waals surface area (Å²) in [5.74, 6) is 0.932. The lowest BCUT2D eigenvalue weighted by Gasteiger charge is -2.22. The standard InChI is InChI=1S/C28H31N3O4S/c1-18-17-20(28(3,4)5)11-16-25(18)36(33,34)30-19(2)26-29-24-10-8-7-9-23(24)27(32)31(26)21-12-14-22(35-6)15-13-21/h7-17,19,30H,1-6H3. The van der Waals surface area contributed by atoms with E-state index in [9.17, 15) is 13.2 Å². The zero-order chi connectivity index (χ0) is 26.3. The number of aryl methyl sites for hydroxylation is 1. The highest BCUT2D eigenvalue weighted by molar-refractivity contribution is 7.89. The molecule has 0 radical (unpaired) electrons. The fourth-order valence-electron chi connectivity index (χ4n) is 4.19. The number of hydrogen-bond donors (Lipinski definition) is 1. The number of ether oxygens (including phenoxy) is 1. The molecule has 0 bridgehead atoms. The van der Waals surface area contributed by atoms with Crippen LogP contribution in [0.4, 0.5) is 0 Å². The Morgan fingerprint density at radius 1 is 1.00 bits per heavy atom. The average molecular weight is 506 g/mol. The van der Waals surface area contributed by atoms with Gasteiger partial charge < -0.3 is 4.74 Å². The number of nitrogens with one attached hydrogen (secondary N) is 1. The van der Waals surface area contributed by atoms with Crippen LogP contribution in [0.15, 0.2) is 76.4 Å². The van der Waals surface area contributed by atoms with Crippen molar-refractivity contribution in [3.05, 3.63) is 94.0 Å². The zero-order valence-electron chi connectivity index (χ0n) is 21.4. The van der Waals surface area contributed by atoms with E-state index in [4.69, 9.17) is 9.72 Å². The summed E-state index contributed by atoms with van der Waals surface area (Å²) >= 11 is 0. The summed E-state index contributed by atoms with van der Waals surface area (Å²) in [6.45, 7) is 9.73. The minimum absolute atomic E-state index is 0.1000. The summed E-state index contributed by atoms with van der Waals surface area (Å²) in [6, 6.07) is 18.6. The van der Waals surface area contributed by atoms with E-state index in [0.29, 0.717) is 27.9 Å². The first-order valence-electron chi connectivity index (χ1n) is 11.7. The molecule has 4 rings (SSSR count). The van der Waals surface area contributed by atoms with Gasteiger partial charge in [-0.25, -0.2) is 18.1 Å². The van der Waals surface area contributed by atoms with E-state index in [1.807, 2.05) is 12.1 Å². The number of fused-ring (bicyclic) bond motifs is 1. The maximum Gasteiger partial charge on any atom is 0.266 e. The lowest BCUT2D eigenvalue weighted by Crippen LogP contribution is -2.33. The molecule has 0 aliphatic carbocycles. The van der Waals surface area contributed by atoms with E-state index in [0.717, 1.165) is 5.56 Å². The first-order valence-corrected chi connectivity index (χ1v) is 13.2. The third-order valence-electron chi connectivity index (χ3n) is 6.18. The predicted octanol–water partition coefficient (Wildman–Crippen LogP) is 5.04. The molecule has 36 heavy (non-hydrogen) atoms. The van der Waals surface area contributed by atoms with Crippen LogP contribution in [0.25, 0.3) is 16.6 Å². The Morgan fingerprint density at radius 2 is 1.67 bits per heavy atom. The fraction of sp³-hybridized carbons (Fsp3) is 0.286. The first kappa shape index (κ1) is 25.6. The largest absolute Gasteiger partial charge is 0.497 e. The summed E-state index contributed by atoms with van der Waals surface area (Å²) in [5, 5.41) is 0.445. The summed E-state index contributed by atoms with van der Waals surface area (Å²) in [5.41, 5.74) is 2.39. The van der Waals surface area contributed by atoms with Crippen molar-refractivity contribution in [1.29, 1.82) is 0 Å². The van der Waals surface area contributed by atoms with Crippen LogP contribution in [0.5, 0.6) is 5.75 Å². The van der Waals surface area contributed by atoms with Crippen molar-refractivity contribution < 1.29 is 13.2 Å². The second-order valence-corrected chi connectivity index (χ2v) is 11.6. The van der Waals surface area contributed by atoms with Crippen LogP contribution in [-0.2, 0) is 15.4 Å². The van der Waals surface area contributed by atoms with Gasteiger partial charge in [0.15, 0.2) is 0 Å². The van der Waals surface area contributed by atoms with Gasteiger partial charge in [-0.1, -0.05) is 45.0 Å². The van der Waals surface area contributed by atoms with Crippen LogP contribution < -0.4 is 15.0 Å². The van der Waals surface area contributed by atoms with E-state index in [2.05, 4.69) is 25.5 Å². The number of aromatic nitrogens is 2. The van der Waals surface area contributed by atoms with Crippen LogP contribution >= 0.6 is 0 Å². The van der Waals surface area contributed by atoms with Crippen LogP contribution in [0, 0.1) is 6.92 Å². The van der Waals surface area contributed by atoms with Gasteiger partial charge in [-0.2, -0.15) is 0 Å². The van der Waals surface area contributed by atoms with Gasteiger partial charge in [-0.15, -0.1) is 0 Å². The van der Waals surface area contributed by atoms with Gasteiger partial charge in [0.2, 0.25) is 10.0 Å². The maximum absolute atomic E-state index is 13.5. The number of sulfonamides is 1. The molecule has 3 aromatic carbocycles. The van der Waals surface area contributed by atoms with Gasteiger partial charge in [-0.05, 0) is 72.9 Å². The van der Waals surface area contributed by atoms with Gasteiger partial charge in [0.05, 0.1) is 34.6 Å². The second-order valence-electron chi connectivity index (χ2n) is 9.90. The molecule has 0 fully saturated rings. The van der Waals surface area contributed by atoms with Crippen molar-refractivity contribution in [2.24, 2.45) is 0 Å². The van der Waals surface area contributed by atoms with E-state index >= 15 is 0 Å². The van der Waals surface area contributed by atoms with Gasteiger partial charge in [-0.3, -0.25) is 9.36 Å². The molecule has 188 valence electrons. The second kappa shape index (κ2) is 9.52. The van der Waals surface area contributed by atoms with Crippen molar-refractivity contribution in [2.45, 2.75) is 51.0 Å². The highest BCUT2D eigenvalue weighted by Crippen LogP contribution is 2.27. The first-order chi connectivity index (χ1) is 16.9. The van der Waals surface area contributed by atoms with Crippen LogP contribution in [0.3, 0.4) is 0 Å². The Bertz CT molecular complexity index is 1580. The van der Waals surface area contributed by atoms with Crippen molar-refractivity contribution in [3.8, 4) is 11.4 Å². The molecule has 1 aromatic heterocycles.